The highest BCUT2D eigenvalue weighted by molar-refractivity contribution is 5.19. The van der Waals surface area contributed by atoms with Gasteiger partial charge in [-0.3, -0.25) is 4.90 Å². The maximum atomic E-state index is 3.41. The standard InChI is InChI=1S/C15H24N2/c1-12(13-8-6-5-7-9-13)17-11-14(16-4)10-15(17,2)3/h5-9,12,14,16H,10-11H2,1-4H3. The molecule has 0 amide bonds. The Kier molecular flexibility index (Phi) is 3.55. The average molecular weight is 232 g/mol. The minimum atomic E-state index is 0.281. The Labute approximate surface area is 105 Å². The lowest BCUT2D eigenvalue weighted by Gasteiger charge is -2.36. The van der Waals surface area contributed by atoms with E-state index in [1.54, 1.807) is 0 Å². The van der Waals surface area contributed by atoms with Crippen LogP contribution in [0, 0.1) is 0 Å². The Hall–Kier alpha value is -0.860. The summed E-state index contributed by atoms with van der Waals surface area (Å²) in [6.07, 6.45) is 1.22. The van der Waals surface area contributed by atoms with Crippen LogP contribution >= 0.6 is 0 Å². The van der Waals surface area contributed by atoms with Crippen LogP contribution in [0.25, 0.3) is 0 Å². The molecule has 2 rings (SSSR count). The molecule has 0 spiro atoms. The zero-order valence-electron chi connectivity index (χ0n) is 11.4. The summed E-state index contributed by atoms with van der Waals surface area (Å²) in [6.45, 7) is 8.16. The summed E-state index contributed by atoms with van der Waals surface area (Å²) in [5, 5.41) is 3.41. The maximum Gasteiger partial charge on any atom is 0.0325 e. The van der Waals surface area contributed by atoms with Gasteiger partial charge in [-0.1, -0.05) is 30.3 Å². The van der Waals surface area contributed by atoms with E-state index in [0.29, 0.717) is 12.1 Å². The molecule has 2 atom stereocenters. The third kappa shape index (κ3) is 2.53. The molecule has 0 aliphatic carbocycles. The summed E-state index contributed by atoms with van der Waals surface area (Å²) in [5.41, 5.74) is 1.69. The average Bonchev–Trinajstić information content (AvgIpc) is 2.64. The fraction of sp³-hybridized carbons (Fsp3) is 0.600. The van der Waals surface area contributed by atoms with E-state index in [4.69, 9.17) is 0 Å². The van der Waals surface area contributed by atoms with Crippen molar-refractivity contribution in [3.63, 3.8) is 0 Å². The van der Waals surface area contributed by atoms with Crippen molar-refractivity contribution in [2.24, 2.45) is 0 Å². The van der Waals surface area contributed by atoms with Crippen molar-refractivity contribution >= 4 is 0 Å². The van der Waals surface area contributed by atoms with Gasteiger partial charge in [0.25, 0.3) is 0 Å². The van der Waals surface area contributed by atoms with Crippen molar-refractivity contribution in [2.75, 3.05) is 13.6 Å². The van der Waals surface area contributed by atoms with Gasteiger partial charge in [-0.25, -0.2) is 0 Å². The molecule has 1 aliphatic rings. The van der Waals surface area contributed by atoms with Crippen molar-refractivity contribution in [1.29, 1.82) is 0 Å². The Morgan fingerprint density at radius 1 is 1.29 bits per heavy atom. The quantitative estimate of drug-likeness (QED) is 0.862. The lowest BCUT2D eigenvalue weighted by molar-refractivity contribution is 0.125. The van der Waals surface area contributed by atoms with E-state index in [1.807, 2.05) is 0 Å². The molecule has 0 bridgehead atoms. The van der Waals surface area contributed by atoms with Crippen molar-refractivity contribution in [3.8, 4) is 0 Å². The van der Waals surface area contributed by atoms with Gasteiger partial charge in [0.15, 0.2) is 0 Å². The molecule has 1 fully saturated rings. The van der Waals surface area contributed by atoms with E-state index < -0.39 is 0 Å². The molecule has 1 aliphatic heterocycles. The highest BCUT2D eigenvalue weighted by atomic mass is 15.3. The van der Waals surface area contributed by atoms with Crippen LogP contribution in [0.3, 0.4) is 0 Å². The van der Waals surface area contributed by atoms with Crippen molar-refractivity contribution in [2.45, 2.75) is 44.8 Å². The van der Waals surface area contributed by atoms with E-state index in [0.717, 1.165) is 6.54 Å². The van der Waals surface area contributed by atoms with E-state index in [-0.39, 0.29) is 5.54 Å². The van der Waals surface area contributed by atoms with Crippen LogP contribution in [0.15, 0.2) is 30.3 Å². The van der Waals surface area contributed by atoms with Crippen LogP contribution in [0.2, 0.25) is 0 Å². The molecule has 2 nitrogen and oxygen atoms in total. The second kappa shape index (κ2) is 4.79. The third-order valence-electron chi connectivity index (χ3n) is 4.10. The first-order valence-electron chi connectivity index (χ1n) is 6.53. The predicted octanol–water partition coefficient (Wildman–Crippen LogP) is 2.82. The molecule has 2 unspecified atom stereocenters. The highest BCUT2D eigenvalue weighted by Crippen LogP contribution is 2.36. The fourth-order valence-electron chi connectivity index (χ4n) is 3.06. The predicted molar refractivity (Wildman–Crippen MR) is 73.1 cm³/mol. The number of nitrogens with zero attached hydrogens (tertiary/aromatic N) is 1. The van der Waals surface area contributed by atoms with Crippen molar-refractivity contribution < 1.29 is 0 Å². The zero-order chi connectivity index (χ0) is 12.5. The summed E-state index contributed by atoms with van der Waals surface area (Å²) < 4.78 is 0. The molecule has 1 saturated heterocycles. The van der Waals surface area contributed by atoms with Crippen molar-refractivity contribution in [3.05, 3.63) is 35.9 Å². The SMILES string of the molecule is CNC1CN(C(C)c2ccccc2)C(C)(C)C1. The van der Waals surface area contributed by atoms with Crippen LogP contribution in [-0.4, -0.2) is 30.1 Å². The molecule has 0 saturated carbocycles. The van der Waals surface area contributed by atoms with Gasteiger partial charge in [-0.2, -0.15) is 0 Å². The molecular formula is C15H24N2. The van der Waals surface area contributed by atoms with Gasteiger partial charge in [-0.15, -0.1) is 0 Å². The van der Waals surface area contributed by atoms with Gasteiger partial charge in [0.05, 0.1) is 0 Å². The summed E-state index contributed by atoms with van der Waals surface area (Å²) in [6, 6.07) is 11.9. The Morgan fingerprint density at radius 3 is 2.47 bits per heavy atom. The first-order valence-corrected chi connectivity index (χ1v) is 6.53. The first kappa shape index (κ1) is 12.6. The van der Waals surface area contributed by atoms with Gasteiger partial charge in [0, 0.05) is 24.2 Å². The molecule has 94 valence electrons. The van der Waals surface area contributed by atoms with Crippen LogP contribution in [-0.2, 0) is 0 Å². The molecule has 0 radical (unpaired) electrons. The zero-order valence-corrected chi connectivity index (χ0v) is 11.4. The normalized spacial score (nSPS) is 26.0. The number of likely N-dealkylation sites (N-methyl/N-ethyl adjacent to an activating group) is 1. The highest BCUT2D eigenvalue weighted by Gasteiger charge is 2.40. The molecule has 1 aromatic rings. The fourth-order valence-corrected chi connectivity index (χ4v) is 3.06. The van der Waals surface area contributed by atoms with Crippen LogP contribution in [0.1, 0.15) is 38.8 Å². The Bertz CT molecular complexity index is 358. The molecule has 1 N–H and O–H groups in total. The summed E-state index contributed by atoms with van der Waals surface area (Å²) >= 11 is 0. The molecule has 1 heterocycles. The molecule has 17 heavy (non-hydrogen) atoms. The minimum absolute atomic E-state index is 0.281. The van der Waals surface area contributed by atoms with Gasteiger partial charge in [-0.05, 0) is 39.8 Å². The Morgan fingerprint density at radius 2 is 1.94 bits per heavy atom. The lowest BCUT2D eigenvalue weighted by atomic mass is 9.97. The second-order valence-electron chi connectivity index (χ2n) is 5.74. The second-order valence-corrected chi connectivity index (χ2v) is 5.74. The monoisotopic (exact) mass is 232 g/mol. The number of likely N-dealkylation sites (tertiary alicyclic amines) is 1. The molecule has 2 heteroatoms. The largest absolute Gasteiger partial charge is 0.316 e. The van der Waals surface area contributed by atoms with Crippen LogP contribution < -0.4 is 5.32 Å². The first-order chi connectivity index (χ1) is 8.04. The van der Waals surface area contributed by atoms with Crippen molar-refractivity contribution in [1.82, 2.24) is 10.2 Å². The van der Waals surface area contributed by atoms with Gasteiger partial charge >= 0.3 is 0 Å². The van der Waals surface area contributed by atoms with Crippen LogP contribution in [0.5, 0.6) is 0 Å². The number of hydrogen-bond donors (Lipinski definition) is 1. The van der Waals surface area contributed by atoms with E-state index >= 15 is 0 Å². The molecule has 1 aromatic carbocycles. The topological polar surface area (TPSA) is 15.3 Å². The van der Waals surface area contributed by atoms with Crippen LogP contribution in [0.4, 0.5) is 0 Å². The summed E-state index contributed by atoms with van der Waals surface area (Å²) in [7, 11) is 2.07. The smallest absolute Gasteiger partial charge is 0.0325 e. The third-order valence-corrected chi connectivity index (χ3v) is 4.10. The van der Waals surface area contributed by atoms with Gasteiger partial charge in [0.1, 0.15) is 0 Å². The van der Waals surface area contributed by atoms with E-state index in [1.165, 1.54) is 12.0 Å². The number of benzene rings is 1. The van der Waals surface area contributed by atoms with E-state index in [2.05, 4.69) is 68.4 Å². The van der Waals surface area contributed by atoms with Gasteiger partial charge < -0.3 is 5.32 Å². The minimum Gasteiger partial charge on any atom is -0.316 e. The molecule has 0 aromatic heterocycles. The lowest BCUT2D eigenvalue weighted by Crippen LogP contribution is -2.40. The van der Waals surface area contributed by atoms with Gasteiger partial charge in [0.2, 0.25) is 0 Å². The summed E-state index contributed by atoms with van der Waals surface area (Å²) in [5.74, 6) is 0. The Balaban J connectivity index is 2.17. The van der Waals surface area contributed by atoms with E-state index in [9.17, 15) is 0 Å². The molecular weight excluding hydrogens is 208 g/mol. The number of rotatable bonds is 3. The number of nitrogens with one attached hydrogen (secondary N) is 1. The summed E-state index contributed by atoms with van der Waals surface area (Å²) in [4.78, 5) is 2.61. The maximum absolute atomic E-state index is 3.41. The number of hydrogen-bond acceptors (Lipinski definition) is 2.